The van der Waals surface area contributed by atoms with Crippen molar-refractivity contribution >= 4 is 45.7 Å². The molecule has 0 aliphatic heterocycles. The van der Waals surface area contributed by atoms with E-state index in [0.717, 1.165) is 12.8 Å². The topological polar surface area (TPSA) is 99.7 Å². The second kappa shape index (κ2) is 10.2. The highest BCUT2D eigenvalue weighted by Crippen LogP contribution is 2.28. The van der Waals surface area contributed by atoms with Gasteiger partial charge in [-0.25, -0.2) is 8.42 Å². The fraction of sp³-hybridized carbons (Fsp3) is 0.846. The molecule has 1 aliphatic carbocycles. The normalized spacial score (nSPS) is 16.4. The van der Waals surface area contributed by atoms with E-state index in [-0.39, 0.29) is 47.6 Å². The van der Waals surface area contributed by atoms with Gasteiger partial charge in [0.05, 0.1) is 5.75 Å². The molecule has 1 amide bonds. The molecule has 0 heterocycles. The van der Waals surface area contributed by atoms with E-state index >= 15 is 0 Å². The van der Waals surface area contributed by atoms with Crippen LogP contribution in [0.2, 0.25) is 0 Å². The van der Waals surface area contributed by atoms with Crippen molar-refractivity contribution in [2.45, 2.75) is 32.2 Å². The molecule has 7 nitrogen and oxygen atoms in total. The lowest BCUT2D eigenvalue weighted by Crippen LogP contribution is -2.45. The number of hydrogen-bond donors (Lipinski definition) is 3. The van der Waals surface area contributed by atoms with Gasteiger partial charge in [0, 0.05) is 38.4 Å². The maximum absolute atomic E-state index is 11.4. The Morgan fingerprint density at radius 2 is 1.86 bits per heavy atom. The predicted molar refractivity (Wildman–Crippen MR) is 99.4 cm³/mol. The molecule has 0 radical (unpaired) electrons. The summed E-state index contributed by atoms with van der Waals surface area (Å²) in [7, 11) is -1.29. The second-order valence-corrected chi connectivity index (χ2v) is 7.79. The van der Waals surface area contributed by atoms with Crippen molar-refractivity contribution in [3.63, 3.8) is 0 Å². The summed E-state index contributed by atoms with van der Waals surface area (Å²) in [6, 6.07) is 0.00646. The fourth-order valence-electron chi connectivity index (χ4n) is 1.75. The van der Waals surface area contributed by atoms with Gasteiger partial charge >= 0.3 is 0 Å². The van der Waals surface area contributed by atoms with Gasteiger partial charge in [-0.05, 0) is 26.2 Å². The lowest BCUT2D eigenvalue weighted by molar-refractivity contribution is -0.122. The highest BCUT2D eigenvalue weighted by atomic mass is 127. The lowest BCUT2D eigenvalue weighted by Gasteiger charge is -2.17. The molecule has 1 unspecified atom stereocenters. The van der Waals surface area contributed by atoms with E-state index in [1.54, 1.807) is 7.05 Å². The third kappa shape index (κ3) is 10.2. The number of sulfone groups is 1. The van der Waals surface area contributed by atoms with E-state index in [1.165, 1.54) is 6.26 Å². The van der Waals surface area contributed by atoms with Gasteiger partial charge in [-0.1, -0.05) is 0 Å². The van der Waals surface area contributed by atoms with Crippen LogP contribution >= 0.6 is 24.0 Å². The molecule has 0 aromatic rings. The van der Waals surface area contributed by atoms with Crippen LogP contribution in [0.25, 0.3) is 0 Å². The first-order valence-electron chi connectivity index (χ1n) is 7.24. The van der Waals surface area contributed by atoms with E-state index in [0.29, 0.717) is 25.5 Å². The summed E-state index contributed by atoms with van der Waals surface area (Å²) in [4.78, 5) is 15.5. The minimum Gasteiger partial charge on any atom is -0.355 e. The molecule has 22 heavy (non-hydrogen) atoms. The number of halogens is 1. The van der Waals surface area contributed by atoms with Crippen LogP contribution in [-0.2, 0) is 14.6 Å². The fourth-order valence-corrected chi connectivity index (χ4v) is 2.53. The second-order valence-electron chi connectivity index (χ2n) is 5.53. The maximum atomic E-state index is 11.4. The third-order valence-corrected chi connectivity index (χ3v) is 4.17. The summed E-state index contributed by atoms with van der Waals surface area (Å²) in [5, 5.41) is 9.07. The van der Waals surface area contributed by atoms with E-state index in [4.69, 9.17) is 0 Å². The maximum Gasteiger partial charge on any atom is 0.223 e. The monoisotopic (exact) mass is 446 g/mol. The number of nitrogens with zero attached hydrogens (tertiary/aromatic N) is 1. The van der Waals surface area contributed by atoms with Crippen molar-refractivity contribution in [2.24, 2.45) is 10.9 Å². The van der Waals surface area contributed by atoms with E-state index < -0.39 is 9.84 Å². The molecule has 0 aromatic carbocycles. The molecule has 1 rings (SSSR count). The van der Waals surface area contributed by atoms with Crippen LogP contribution in [0.3, 0.4) is 0 Å². The first-order valence-corrected chi connectivity index (χ1v) is 9.30. The van der Waals surface area contributed by atoms with Gasteiger partial charge in [0.2, 0.25) is 5.91 Å². The number of aliphatic imine (C=N–C) groups is 1. The molecule has 130 valence electrons. The van der Waals surface area contributed by atoms with Gasteiger partial charge in [0.25, 0.3) is 0 Å². The van der Waals surface area contributed by atoms with Gasteiger partial charge in [-0.3, -0.25) is 9.79 Å². The Bertz CT molecular complexity index is 478. The standard InChI is InChI=1S/C13H26N4O3S.HI/c1-10(6-9-21(3,19)20)17-13(14-2)16-8-7-15-12(18)11-4-5-11;/h10-11H,4-9H2,1-3H3,(H,15,18)(H2,14,16,17);1H. The van der Waals surface area contributed by atoms with Gasteiger partial charge in [0.1, 0.15) is 9.84 Å². The third-order valence-electron chi connectivity index (χ3n) is 3.19. The summed E-state index contributed by atoms with van der Waals surface area (Å²) >= 11 is 0. The van der Waals surface area contributed by atoms with Crippen molar-refractivity contribution in [1.82, 2.24) is 16.0 Å². The summed E-state index contributed by atoms with van der Waals surface area (Å²) in [5.41, 5.74) is 0. The van der Waals surface area contributed by atoms with Crippen molar-refractivity contribution in [2.75, 3.05) is 32.1 Å². The number of nitrogens with one attached hydrogen (secondary N) is 3. The minimum atomic E-state index is -2.94. The molecule has 9 heteroatoms. The SMILES string of the molecule is CN=C(NCCNC(=O)C1CC1)NC(C)CCS(C)(=O)=O.I. The molecule has 1 aliphatic rings. The molecule has 1 atom stereocenters. The van der Waals surface area contributed by atoms with Crippen LogP contribution in [0.5, 0.6) is 0 Å². The number of carbonyl (C=O) groups is 1. The Morgan fingerprint density at radius 1 is 1.27 bits per heavy atom. The average molecular weight is 446 g/mol. The van der Waals surface area contributed by atoms with Crippen LogP contribution in [-0.4, -0.2) is 58.5 Å². The quantitative estimate of drug-likeness (QED) is 0.213. The average Bonchev–Trinajstić information content (AvgIpc) is 3.23. The summed E-state index contributed by atoms with van der Waals surface area (Å²) in [6.45, 7) is 3.04. The van der Waals surface area contributed by atoms with Gasteiger partial charge in [-0.2, -0.15) is 0 Å². The van der Waals surface area contributed by atoms with Gasteiger partial charge in [-0.15, -0.1) is 24.0 Å². The lowest BCUT2D eigenvalue weighted by atomic mass is 10.3. The van der Waals surface area contributed by atoms with E-state index in [1.807, 2.05) is 6.92 Å². The molecule has 0 spiro atoms. The number of amides is 1. The Morgan fingerprint density at radius 3 is 2.36 bits per heavy atom. The zero-order valence-corrected chi connectivity index (χ0v) is 16.5. The number of hydrogen-bond acceptors (Lipinski definition) is 4. The Labute approximate surface area is 150 Å². The van der Waals surface area contributed by atoms with Crippen LogP contribution in [0.15, 0.2) is 4.99 Å². The van der Waals surface area contributed by atoms with E-state index in [9.17, 15) is 13.2 Å². The smallest absolute Gasteiger partial charge is 0.223 e. The van der Waals surface area contributed by atoms with Gasteiger partial charge in [0.15, 0.2) is 5.96 Å². The van der Waals surface area contributed by atoms with Crippen LogP contribution in [0.4, 0.5) is 0 Å². The first kappa shape index (κ1) is 21.4. The Kier molecular flexibility index (Phi) is 9.97. The molecule has 1 fully saturated rings. The summed E-state index contributed by atoms with van der Waals surface area (Å²) in [6.07, 6.45) is 3.76. The van der Waals surface area contributed by atoms with Crippen molar-refractivity contribution in [1.29, 1.82) is 0 Å². The molecule has 0 saturated heterocycles. The molecule has 3 N–H and O–H groups in total. The van der Waals surface area contributed by atoms with Crippen molar-refractivity contribution in [3.8, 4) is 0 Å². The highest BCUT2D eigenvalue weighted by Gasteiger charge is 2.28. The van der Waals surface area contributed by atoms with Crippen molar-refractivity contribution < 1.29 is 13.2 Å². The molecular weight excluding hydrogens is 419 g/mol. The Balaban J connectivity index is 0.00000441. The zero-order valence-electron chi connectivity index (χ0n) is 13.4. The first-order chi connectivity index (χ1) is 9.81. The zero-order chi connectivity index (χ0) is 15.9. The van der Waals surface area contributed by atoms with Crippen LogP contribution in [0.1, 0.15) is 26.2 Å². The molecular formula is C13H27IN4O3S. The molecule has 0 aromatic heterocycles. The summed E-state index contributed by atoms with van der Waals surface area (Å²) in [5.74, 6) is 1.10. The number of rotatable bonds is 8. The van der Waals surface area contributed by atoms with Crippen LogP contribution in [0, 0.1) is 5.92 Å². The minimum absolute atomic E-state index is 0. The van der Waals surface area contributed by atoms with Crippen molar-refractivity contribution in [3.05, 3.63) is 0 Å². The Hall–Kier alpha value is -0.580. The van der Waals surface area contributed by atoms with Crippen LogP contribution < -0.4 is 16.0 Å². The molecule has 1 saturated carbocycles. The largest absolute Gasteiger partial charge is 0.355 e. The number of guanidine groups is 1. The predicted octanol–water partition coefficient (Wildman–Crippen LogP) is 0.119. The number of carbonyl (C=O) groups excluding carboxylic acids is 1. The highest BCUT2D eigenvalue weighted by molar-refractivity contribution is 14.0. The summed E-state index contributed by atoms with van der Waals surface area (Å²) < 4.78 is 22.2. The molecule has 0 bridgehead atoms. The van der Waals surface area contributed by atoms with Gasteiger partial charge < -0.3 is 16.0 Å². The van der Waals surface area contributed by atoms with E-state index in [2.05, 4.69) is 20.9 Å².